The number of hydrogen-bond acceptors (Lipinski definition) is 4. The molecule has 1 fully saturated rings. The second-order valence-electron chi connectivity index (χ2n) is 7.38. The molecule has 0 atom stereocenters. The minimum absolute atomic E-state index is 0.0917. The largest absolute Gasteiger partial charge is 0.497 e. The molecule has 1 aromatic carbocycles. The van der Waals surface area contributed by atoms with Crippen molar-refractivity contribution in [2.45, 2.75) is 39.7 Å². The number of aromatic nitrogens is 1. The lowest BCUT2D eigenvalue weighted by atomic mass is 9.80. The van der Waals surface area contributed by atoms with E-state index < -0.39 is 11.4 Å². The third-order valence-corrected chi connectivity index (χ3v) is 5.70. The Labute approximate surface area is 164 Å². The molecule has 0 unspecified atom stereocenters. The van der Waals surface area contributed by atoms with Gasteiger partial charge in [-0.3, -0.25) is 9.59 Å². The molecule has 1 aromatic heterocycles. The van der Waals surface area contributed by atoms with Crippen LogP contribution in [0, 0.1) is 12.3 Å². The van der Waals surface area contributed by atoms with Crippen molar-refractivity contribution in [3.05, 3.63) is 29.5 Å². The van der Waals surface area contributed by atoms with E-state index in [9.17, 15) is 14.7 Å². The number of amides is 1. The van der Waals surface area contributed by atoms with E-state index in [0.717, 1.165) is 29.6 Å². The number of carbonyl (C=O) groups is 2. The molecule has 0 radical (unpaired) electrons. The lowest BCUT2D eigenvalue weighted by molar-refractivity contribution is -0.154. The van der Waals surface area contributed by atoms with E-state index in [2.05, 4.69) is 16.8 Å². The lowest BCUT2D eigenvalue weighted by Crippen LogP contribution is -2.46. The van der Waals surface area contributed by atoms with Crippen LogP contribution in [0.3, 0.4) is 0 Å². The zero-order valence-electron chi connectivity index (χ0n) is 16.7. The summed E-state index contributed by atoms with van der Waals surface area (Å²) in [4.78, 5) is 25.0. The molecule has 0 bridgehead atoms. The van der Waals surface area contributed by atoms with Crippen LogP contribution in [-0.2, 0) is 16.1 Å². The minimum atomic E-state index is -0.971. The smallest absolute Gasteiger partial charge is 0.311 e. The van der Waals surface area contributed by atoms with Gasteiger partial charge in [0.15, 0.2) is 0 Å². The van der Waals surface area contributed by atoms with Gasteiger partial charge in [0, 0.05) is 42.9 Å². The van der Waals surface area contributed by atoms with Crippen molar-refractivity contribution in [1.82, 2.24) is 9.88 Å². The second-order valence-corrected chi connectivity index (χ2v) is 7.38. The highest BCUT2D eigenvalue weighted by atomic mass is 16.5. The van der Waals surface area contributed by atoms with Crippen LogP contribution in [0.2, 0.25) is 0 Å². The summed E-state index contributed by atoms with van der Waals surface area (Å²) in [6.45, 7) is 5.71. The first-order valence-corrected chi connectivity index (χ1v) is 9.69. The average Bonchev–Trinajstić information content (AvgIpc) is 2.98. The van der Waals surface area contributed by atoms with Crippen molar-refractivity contribution in [3.63, 3.8) is 0 Å². The maximum atomic E-state index is 13.1. The Kier molecular flexibility index (Phi) is 5.93. The van der Waals surface area contributed by atoms with Crippen LogP contribution in [-0.4, -0.2) is 48.4 Å². The van der Waals surface area contributed by atoms with E-state index in [-0.39, 0.29) is 12.5 Å². The fourth-order valence-electron chi connectivity index (χ4n) is 3.95. The monoisotopic (exact) mass is 388 g/mol. The Balaban J connectivity index is 1.94. The van der Waals surface area contributed by atoms with Gasteiger partial charge in [-0.05, 0) is 44.4 Å². The Morgan fingerprint density at radius 2 is 2.04 bits per heavy atom. The fourth-order valence-corrected chi connectivity index (χ4v) is 3.95. The van der Waals surface area contributed by atoms with E-state index in [0.29, 0.717) is 37.4 Å². The van der Waals surface area contributed by atoms with Crippen LogP contribution in [0.5, 0.6) is 5.75 Å². The highest BCUT2D eigenvalue weighted by Gasteiger charge is 2.40. The molecule has 3 rings (SSSR count). The molecule has 2 heterocycles. The maximum absolute atomic E-state index is 13.1. The first kappa shape index (κ1) is 20.2. The van der Waals surface area contributed by atoms with Gasteiger partial charge in [0.2, 0.25) is 0 Å². The highest BCUT2D eigenvalue weighted by Crippen LogP contribution is 2.32. The van der Waals surface area contributed by atoms with Crippen LogP contribution in [0.4, 0.5) is 0 Å². The maximum Gasteiger partial charge on any atom is 0.311 e. The van der Waals surface area contributed by atoms with Crippen molar-refractivity contribution in [1.29, 1.82) is 0 Å². The molecule has 1 aliphatic heterocycles. The number of nitrogens with one attached hydrogen (secondary N) is 1. The van der Waals surface area contributed by atoms with E-state index >= 15 is 0 Å². The quantitative estimate of drug-likeness (QED) is 0.761. The number of ether oxygens (including phenoxy) is 2. The van der Waals surface area contributed by atoms with Crippen molar-refractivity contribution in [2.24, 2.45) is 5.41 Å². The predicted molar refractivity (Wildman–Crippen MR) is 106 cm³/mol. The zero-order chi connectivity index (χ0) is 20.3. The minimum Gasteiger partial charge on any atom is -0.497 e. The standard InChI is InChI=1S/C21H28N2O5/c1-4-9-23-14(2)18(16-12-15(27-3)5-6-17(16)23)19(24)22-13-21(20(25)26)7-10-28-11-8-21/h5-6,12H,4,7-11,13H2,1-3H3,(H,22,24)(H,25,26). The Hall–Kier alpha value is -2.54. The summed E-state index contributed by atoms with van der Waals surface area (Å²) < 4.78 is 12.8. The van der Waals surface area contributed by atoms with E-state index in [1.807, 2.05) is 25.1 Å². The number of rotatable bonds is 7. The van der Waals surface area contributed by atoms with Gasteiger partial charge >= 0.3 is 5.97 Å². The summed E-state index contributed by atoms with van der Waals surface area (Å²) in [6.07, 6.45) is 1.74. The van der Waals surface area contributed by atoms with Crippen LogP contribution >= 0.6 is 0 Å². The summed E-state index contributed by atoms with van der Waals surface area (Å²) in [5, 5.41) is 13.4. The molecule has 1 amide bonds. The molecule has 7 heteroatoms. The number of nitrogens with zero attached hydrogens (tertiary/aromatic N) is 1. The molecule has 1 aliphatic rings. The van der Waals surface area contributed by atoms with Gasteiger partial charge in [0.25, 0.3) is 5.91 Å². The van der Waals surface area contributed by atoms with Crippen LogP contribution in [0.1, 0.15) is 42.2 Å². The van der Waals surface area contributed by atoms with Crippen molar-refractivity contribution >= 4 is 22.8 Å². The Bertz CT molecular complexity index is 881. The molecule has 0 saturated carbocycles. The number of carbonyl (C=O) groups excluding carboxylic acids is 1. The van der Waals surface area contributed by atoms with E-state index in [4.69, 9.17) is 9.47 Å². The number of aryl methyl sites for hydroxylation is 1. The van der Waals surface area contributed by atoms with E-state index in [1.165, 1.54) is 0 Å². The Morgan fingerprint density at radius 3 is 2.64 bits per heavy atom. The van der Waals surface area contributed by atoms with Crippen LogP contribution in [0.25, 0.3) is 10.9 Å². The first-order chi connectivity index (χ1) is 13.4. The summed E-state index contributed by atoms with van der Waals surface area (Å²) in [5.74, 6) is -0.456. The molecule has 0 spiro atoms. The number of fused-ring (bicyclic) bond motifs is 1. The molecule has 28 heavy (non-hydrogen) atoms. The summed E-state index contributed by atoms with van der Waals surface area (Å²) in [5.41, 5.74) is 1.46. The summed E-state index contributed by atoms with van der Waals surface area (Å²) >= 11 is 0. The molecule has 2 aromatic rings. The molecular formula is C21H28N2O5. The third kappa shape index (κ3) is 3.58. The predicted octanol–water partition coefficient (Wildman–Crippen LogP) is 2.98. The second kappa shape index (κ2) is 8.22. The van der Waals surface area contributed by atoms with Gasteiger partial charge < -0.3 is 24.5 Å². The van der Waals surface area contributed by atoms with Crippen LogP contribution < -0.4 is 10.1 Å². The van der Waals surface area contributed by atoms with Gasteiger partial charge in [-0.1, -0.05) is 6.92 Å². The molecule has 2 N–H and O–H groups in total. The number of hydrogen-bond donors (Lipinski definition) is 2. The van der Waals surface area contributed by atoms with Gasteiger partial charge in [0.05, 0.1) is 18.1 Å². The fraction of sp³-hybridized carbons (Fsp3) is 0.524. The number of carboxylic acid groups (broad SMARTS) is 1. The van der Waals surface area contributed by atoms with Gasteiger partial charge in [-0.25, -0.2) is 0 Å². The Morgan fingerprint density at radius 1 is 1.32 bits per heavy atom. The molecule has 0 aliphatic carbocycles. The average molecular weight is 388 g/mol. The number of aliphatic carboxylic acids is 1. The molecule has 152 valence electrons. The molecule has 7 nitrogen and oxygen atoms in total. The topological polar surface area (TPSA) is 89.8 Å². The first-order valence-electron chi connectivity index (χ1n) is 9.69. The number of methoxy groups -OCH3 is 1. The van der Waals surface area contributed by atoms with Gasteiger partial charge in [-0.2, -0.15) is 0 Å². The van der Waals surface area contributed by atoms with Gasteiger partial charge in [-0.15, -0.1) is 0 Å². The molecular weight excluding hydrogens is 360 g/mol. The normalized spacial score (nSPS) is 16.1. The number of carboxylic acids is 1. The van der Waals surface area contributed by atoms with E-state index in [1.54, 1.807) is 7.11 Å². The summed E-state index contributed by atoms with van der Waals surface area (Å²) in [7, 11) is 1.60. The SMILES string of the molecule is CCCn1c(C)c(C(=O)NCC2(C(=O)O)CCOCC2)c2cc(OC)ccc21. The van der Waals surface area contributed by atoms with Crippen molar-refractivity contribution in [3.8, 4) is 5.75 Å². The highest BCUT2D eigenvalue weighted by molar-refractivity contribution is 6.09. The van der Waals surface area contributed by atoms with Crippen molar-refractivity contribution in [2.75, 3.05) is 26.9 Å². The van der Waals surface area contributed by atoms with Gasteiger partial charge in [0.1, 0.15) is 5.75 Å². The zero-order valence-corrected chi connectivity index (χ0v) is 16.7. The summed E-state index contributed by atoms with van der Waals surface area (Å²) in [6, 6.07) is 5.71. The number of benzene rings is 1. The third-order valence-electron chi connectivity index (χ3n) is 5.70. The van der Waals surface area contributed by atoms with Crippen molar-refractivity contribution < 1.29 is 24.2 Å². The molecule has 1 saturated heterocycles. The lowest BCUT2D eigenvalue weighted by Gasteiger charge is -2.33. The van der Waals surface area contributed by atoms with Crippen LogP contribution in [0.15, 0.2) is 18.2 Å².